The highest BCUT2D eigenvalue weighted by molar-refractivity contribution is 5.56. The van der Waals surface area contributed by atoms with Crippen molar-refractivity contribution in [2.45, 2.75) is 19.3 Å². The van der Waals surface area contributed by atoms with Crippen LogP contribution in [-0.4, -0.2) is 19.6 Å². The Kier molecular flexibility index (Phi) is 4.00. The zero-order valence-electron chi connectivity index (χ0n) is 9.73. The second-order valence-corrected chi connectivity index (χ2v) is 4.28. The molecular formula is C14H20N2. The van der Waals surface area contributed by atoms with Crippen LogP contribution in [0, 0.1) is 0 Å². The van der Waals surface area contributed by atoms with Crippen LogP contribution in [0.1, 0.15) is 24.8 Å². The van der Waals surface area contributed by atoms with E-state index in [-0.39, 0.29) is 0 Å². The summed E-state index contributed by atoms with van der Waals surface area (Å²) in [5, 5.41) is 0. The van der Waals surface area contributed by atoms with Crippen LogP contribution in [0.3, 0.4) is 0 Å². The topological polar surface area (TPSA) is 29.3 Å². The van der Waals surface area contributed by atoms with Gasteiger partial charge in [0.1, 0.15) is 0 Å². The lowest BCUT2D eigenvalue weighted by Crippen LogP contribution is -2.29. The largest absolute Gasteiger partial charge is 0.372 e. The molecule has 0 unspecified atom stereocenters. The van der Waals surface area contributed by atoms with E-state index in [4.69, 9.17) is 5.73 Å². The first-order valence-corrected chi connectivity index (χ1v) is 6.12. The third kappa shape index (κ3) is 2.86. The predicted octanol–water partition coefficient (Wildman–Crippen LogP) is 2.65. The Labute approximate surface area is 97.8 Å². The van der Waals surface area contributed by atoms with E-state index in [2.05, 4.69) is 35.2 Å². The highest BCUT2D eigenvalue weighted by atomic mass is 15.1. The zero-order chi connectivity index (χ0) is 11.2. The van der Waals surface area contributed by atoms with Crippen molar-refractivity contribution < 1.29 is 0 Å². The molecule has 0 saturated carbocycles. The molecular weight excluding hydrogens is 196 g/mol. The van der Waals surface area contributed by atoms with Crippen molar-refractivity contribution in [1.29, 1.82) is 0 Å². The number of piperidine rings is 1. The average Bonchev–Trinajstić information content (AvgIpc) is 2.38. The number of hydrogen-bond donors (Lipinski definition) is 1. The van der Waals surface area contributed by atoms with Crippen molar-refractivity contribution in [2.75, 3.05) is 24.5 Å². The Hall–Kier alpha value is -1.28. The van der Waals surface area contributed by atoms with Crippen LogP contribution in [-0.2, 0) is 0 Å². The highest BCUT2D eigenvalue weighted by Gasteiger charge is 2.09. The maximum atomic E-state index is 5.43. The molecule has 1 aromatic rings. The van der Waals surface area contributed by atoms with Gasteiger partial charge in [0.05, 0.1) is 0 Å². The van der Waals surface area contributed by atoms with E-state index in [1.165, 1.54) is 43.6 Å². The Morgan fingerprint density at radius 2 is 1.75 bits per heavy atom. The van der Waals surface area contributed by atoms with Crippen molar-refractivity contribution in [3.8, 4) is 0 Å². The van der Waals surface area contributed by atoms with Crippen molar-refractivity contribution in [1.82, 2.24) is 0 Å². The van der Waals surface area contributed by atoms with Crippen LogP contribution in [0.15, 0.2) is 30.3 Å². The summed E-state index contributed by atoms with van der Waals surface area (Å²) in [7, 11) is 0. The van der Waals surface area contributed by atoms with Gasteiger partial charge < -0.3 is 10.6 Å². The summed E-state index contributed by atoms with van der Waals surface area (Å²) in [5.41, 5.74) is 8.01. The van der Waals surface area contributed by atoms with E-state index in [9.17, 15) is 0 Å². The molecule has 1 aliphatic rings. The Balaban J connectivity index is 2.03. The van der Waals surface area contributed by atoms with E-state index in [0.717, 1.165) is 0 Å². The standard InChI is InChI=1S/C14H20N2/c15-10-4-5-13-6-8-14(9-7-13)16-11-2-1-3-12-16/h4-9H,1-3,10-12,15H2/b5-4+. The fourth-order valence-electron chi connectivity index (χ4n) is 2.15. The smallest absolute Gasteiger partial charge is 0.0366 e. The summed E-state index contributed by atoms with van der Waals surface area (Å²) in [4.78, 5) is 2.47. The molecule has 0 spiro atoms. The second-order valence-electron chi connectivity index (χ2n) is 4.28. The molecule has 16 heavy (non-hydrogen) atoms. The molecule has 0 radical (unpaired) electrons. The van der Waals surface area contributed by atoms with Crippen LogP contribution < -0.4 is 10.6 Å². The highest BCUT2D eigenvalue weighted by Crippen LogP contribution is 2.20. The molecule has 0 amide bonds. The summed E-state index contributed by atoms with van der Waals surface area (Å²) >= 11 is 0. The van der Waals surface area contributed by atoms with Crippen LogP contribution in [0.4, 0.5) is 5.69 Å². The lowest BCUT2D eigenvalue weighted by molar-refractivity contribution is 0.578. The lowest BCUT2D eigenvalue weighted by atomic mass is 10.1. The van der Waals surface area contributed by atoms with E-state index in [1.807, 2.05) is 6.08 Å². The molecule has 1 saturated heterocycles. The Morgan fingerprint density at radius 3 is 2.38 bits per heavy atom. The van der Waals surface area contributed by atoms with Crippen LogP contribution in [0.25, 0.3) is 6.08 Å². The first kappa shape index (κ1) is 11.2. The van der Waals surface area contributed by atoms with E-state index in [1.54, 1.807) is 0 Å². The van der Waals surface area contributed by atoms with Gasteiger partial charge in [-0.3, -0.25) is 0 Å². The van der Waals surface area contributed by atoms with Crippen LogP contribution in [0.2, 0.25) is 0 Å². The Bertz CT molecular complexity index is 334. The molecule has 0 bridgehead atoms. The van der Waals surface area contributed by atoms with Crippen molar-refractivity contribution in [2.24, 2.45) is 5.73 Å². The fourth-order valence-corrected chi connectivity index (χ4v) is 2.15. The molecule has 0 atom stereocenters. The van der Waals surface area contributed by atoms with Crippen LogP contribution >= 0.6 is 0 Å². The maximum Gasteiger partial charge on any atom is 0.0366 e. The van der Waals surface area contributed by atoms with Crippen molar-refractivity contribution in [3.63, 3.8) is 0 Å². The average molecular weight is 216 g/mol. The number of hydrogen-bond acceptors (Lipinski definition) is 2. The molecule has 0 aromatic heterocycles. The van der Waals surface area contributed by atoms with Gasteiger partial charge in [0.25, 0.3) is 0 Å². The minimum absolute atomic E-state index is 0.605. The normalized spacial score (nSPS) is 16.9. The summed E-state index contributed by atoms with van der Waals surface area (Å²) in [6.07, 6.45) is 8.09. The van der Waals surface area contributed by atoms with Crippen LogP contribution in [0.5, 0.6) is 0 Å². The predicted molar refractivity (Wildman–Crippen MR) is 70.6 cm³/mol. The maximum absolute atomic E-state index is 5.43. The van der Waals surface area contributed by atoms with Gasteiger partial charge in [0.2, 0.25) is 0 Å². The van der Waals surface area contributed by atoms with Gasteiger partial charge >= 0.3 is 0 Å². The molecule has 2 N–H and O–H groups in total. The molecule has 2 rings (SSSR count). The van der Waals surface area contributed by atoms with Gasteiger partial charge in [-0.05, 0) is 37.0 Å². The zero-order valence-corrected chi connectivity index (χ0v) is 9.73. The second kappa shape index (κ2) is 5.71. The number of benzene rings is 1. The molecule has 2 nitrogen and oxygen atoms in total. The fraction of sp³-hybridized carbons (Fsp3) is 0.429. The number of nitrogens with zero attached hydrogens (tertiary/aromatic N) is 1. The molecule has 0 aliphatic carbocycles. The minimum atomic E-state index is 0.605. The first-order chi connectivity index (χ1) is 7.90. The third-order valence-electron chi connectivity index (χ3n) is 3.06. The van der Waals surface area contributed by atoms with Gasteiger partial charge in [0, 0.05) is 25.3 Å². The van der Waals surface area contributed by atoms with E-state index < -0.39 is 0 Å². The van der Waals surface area contributed by atoms with E-state index >= 15 is 0 Å². The number of anilines is 1. The summed E-state index contributed by atoms with van der Waals surface area (Å²) in [6, 6.07) is 8.75. The van der Waals surface area contributed by atoms with E-state index in [0.29, 0.717) is 6.54 Å². The van der Waals surface area contributed by atoms with Gasteiger partial charge in [-0.25, -0.2) is 0 Å². The number of nitrogens with two attached hydrogens (primary N) is 1. The van der Waals surface area contributed by atoms with Gasteiger partial charge in [-0.2, -0.15) is 0 Å². The van der Waals surface area contributed by atoms with Gasteiger partial charge in [-0.1, -0.05) is 24.3 Å². The molecule has 1 heterocycles. The first-order valence-electron chi connectivity index (χ1n) is 6.12. The third-order valence-corrected chi connectivity index (χ3v) is 3.06. The van der Waals surface area contributed by atoms with Gasteiger partial charge in [0.15, 0.2) is 0 Å². The van der Waals surface area contributed by atoms with Gasteiger partial charge in [-0.15, -0.1) is 0 Å². The molecule has 86 valence electrons. The lowest BCUT2D eigenvalue weighted by Gasteiger charge is -2.28. The molecule has 1 aliphatic heterocycles. The summed E-state index contributed by atoms with van der Waals surface area (Å²) in [6.45, 7) is 3.02. The molecule has 1 fully saturated rings. The minimum Gasteiger partial charge on any atom is -0.372 e. The summed E-state index contributed by atoms with van der Waals surface area (Å²) < 4.78 is 0. The van der Waals surface area contributed by atoms with Crippen molar-refractivity contribution in [3.05, 3.63) is 35.9 Å². The quantitative estimate of drug-likeness (QED) is 0.841. The monoisotopic (exact) mass is 216 g/mol. The Morgan fingerprint density at radius 1 is 1.06 bits per heavy atom. The number of rotatable bonds is 3. The van der Waals surface area contributed by atoms with Crippen molar-refractivity contribution >= 4 is 11.8 Å². The molecule has 2 heteroatoms. The molecule has 1 aromatic carbocycles. The SMILES string of the molecule is NC/C=C/c1ccc(N2CCCCC2)cc1. The summed E-state index contributed by atoms with van der Waals surface area (Å²) in [5.74, 6) is 0.